The van der Waals surface area contributed by atoms with Gasteiger partial charge in [0.05, 0.1) is 78.2 Å². The van der Waals surface area contributed by atoms with E-state index in [0.29, 0.717) is 105 Å². The Morgan fingerprint density at radius 3 is 1.02 bits per heavy atom. The van der Waals surface area contributed by atoms with E-state index in [1.54, 1.807) is 81.4 Å². The zero-order valence-corrected chi connectivity index (χ0v) is 70.0. The number of esters is 2. The zero-order chi connectivity index (χ0) is 88.7. The average molecular weight is 1740 g/mol. The molecule has 13 aromatic heterocycles. The second kappa shape index (κ2) is 39.3. The summed E-state index contributed by atoms with van der Waals surface area (Å²) < 4.78 is 78.7. The molecule has 26 nitrogen and oxygen atoms in total. The molecule has 0 unspecified atom stereocenters. The number of hydrogen-bond acceptors (Lipinski definition) is 21. The topological polar surface area (TPSA) is 341 Å². The van der Waals surface area contributed by atoms with Crippen LogP contribution < -0.4 is 0 Å². The number of aliphatic hydroxyl groups excluding tert-OH is 4. The third-order valence-corrected chi connectivity index (χ3v) is 21.7. The van der Waals surface area contributed by atoms with Crippen molar-refractivity contribution in [3.63, 3.8) is 0 Å². The zero-order valence-electron chi connectivity index (χ0n) is 69.2. The molecule has 0 atom stereocenters. The molecule has 0 radical (unpaired) electrons. The average Bonchev–Trinajstić information content (AvgIpc) is 1.64. The van der Waals surface area contributed by atoms with E-state index in [9.17, 15) is 28.6 Å². The van der Waals surface area contributed by atoms with E-state index in [1.807, 2.05) is 191 Å². The number of para-hydroxylation sites is 3. The van der Waals surface area contributed by atoms with E-state index >= 15 is 0 Å². The Balaban J connectivity index is 0.000000109. The smallest absolute Gasteiger partial charge is 0.373 e. The van der Waals surface area contributed by atoms with Crippen LogP contribution >= 0.6 is 11.3 Å². The molecule has 0 aliphatic rings. The minimum absolute atomic E-state index is 0.0929. The van der Waals surface area contributed by atoms with Crippen LogP contribution in [0, 0.1) is 11.6 Å². The van der Waals surface area contributed by atoms with Crippen LogP contribution in [0.5, 0.6) is 0 Å². The monoisotopic (exact) mass is 1740 g/mol. The predicted molar refractivity (Wildman–Crippen MR) is 484 cm³/mol. The fourth-order valence-corrected chi connectivity index (χ4v) is 15.4. The lowest BCUT2D eigenvalue weighted by atomic mass is 10.1. The number of thiophene rings is 1. The summed E-state index contributed by atoms with van der Waals surface area (Å²) in [5.41, 5.74) is 14.2. The van der Waals surface area contributed by atoms with Gasteiger partial charge in [0.1, 0.15) is 95.3 Å². The molecule has 22 aromatic rings. The van der Waals surface area contributed by atoms with Gasteiger partial charge in [0, 0.05) is 26.9 Å². The summed E-state index contributed by atoms with van der Waals surface area (Å²) in [6.07, 6.45) is 0. The predicted octanol–water partition coefficient (Wildman–Crippen LogP) is 20.9. The van der Waals surface area contributed by atoms with E-state index in [0.717, 1.165) is 88.5 Å². The van der Waals surface area contributed by atoms with Crippen LogP contribution in [-0.2, 0) is 62.1 Å². The minimum atomic E-state index is -0.560. The molecule has 0 aliphatic heterocycles. The number of methoxy groups -OCH3 is 2. The number of rotatable bonds is 20. The van der Waals surface area contributed by atoms with Crippen molar-refractivity contribution in [1.29, 1.82) is 0 Å². The molecule has 0 saturated carbocycles. The molecule has 0 fully saturated rings. The summed E-state index contributed by atoms with van der Waals surface area (Å²) in [6, 6.07) is 95.8. The van der Waals surface area contributed by atoms with Crippen LogP contribution in [0.25, 0.3) is 133 Å². The van der Waals surface area contributed by atoms with E-state index in [4.69, 9.17) is 46.9 Å². The van der Waals surface area contributed by atoms with Crippen molar-refractivity contribution >= 4 is 88.0 Å². The lowest BCUT2D eigenvalue weighted by molar-refractivity contribution is 0.0558. The normalized spacial score (nSPS) is 11.1. The number of benzene rings is 9. The maximum Gasteiger partial charge on any atom is 0.373 e. The highest BCUT2D eigenvalue weighted by Gasteiger charge is 2.24. The Morgan fingerprint density at radius 1 is 0.326 bits per heavy atom. The van der Waals surface area contributed by atoms with Crippen molar-refractivity contribution in [2.75, 3.05) is 14.2 Å². The molecule has 129 heavy (non-hydrogen) atoms. The van der Waals surface area contributed by atoms with Gasteiger partial charge in [-0.3, -0.25) is 28.9 Å². The number of H-pyrrole nitrogens is 2. The number of hydrogen-bond donors (Lipinski definition) is 6. The molecular weight excluding hydrogens is 1660 g/mol. The second-order valence-corrected chi connectivity index (χ2v) is 30.1. The standard InChI is InChI=1S/C20H15FN2O3.C19H15FN2O2.C19H16N2O2.C17H14N2O2S.C13H10N2O3.C12H10N2O2/c1-25-20(24)18-10-9-17(26-18)19-15-8-7-14(21)11-16(15)23(22-19)12-13-5-3-2-4-6-13;20-14-6-8-16-17(10-14)22(11-13-4-2-1-3-5-13)21-19(16)18-9-7-15(12-23)24-18;22-13-15-10-11-18(23-15)19-16-8-4-5-9-17(16)21(20-19)12-14-6-2-1-3-7-14;20-11-13-6-7-15(21-13)16-17-14(8-9-22-17)19(18-16)10-12-4-2-1-3-5-12;1-17-13(16)11-7-6-10(18-11)12-8-4-2-3-5-9(8)14-15-12;15-7-8-5-6-11(16-8)12-9-3-1-2-4-10(9)13-14-12/h2-11H,12H2,1H3;1-10,23H,11-12H2;1-11,22H,12-13H2;1-9,20H,10-11H2;2-7H,1H3,(H,14,15);1-6,15H,7H2,(H,13,14). The van der Waals surface area contributed by atoms with Crippen molar-refractivity contribution in [3.8, 4) is 68.7 Å². The van der Waals surface area contributed by atoms with Gasteiger partial charge in [-0.15, -0.1) is 11.3 Å². The number of nitrogens with zero attached hydrogens (tertiary/aromatic N) is 10. The highest BCUT2D eigenvalue weighted by molar-refractivity contribution is 7.17. The number of aromatic nitrogens is 12. The number of aliphatic hydroxyl groups is 4. The van der Waals surface area contributed by atoms with Crippen molar-refractivity contribution in [2.24, 2.45) is 0 Å². The molecule has 22 rings (SSSR count). The fraction of sp³-hybridized carbons (Fsp3) is 0.100. The number of aromatic amines is 2. The summed E-state index contributed by atoms with van der Waals surface area (Å²) in [5.74, 6) is 4.23. The largest absolute Gasteiger partial charge is 0.463 e. The Hall–Kier alpha value is -16.2. The molecule has 6 N–H and O–H groups in total. The molecule has 0 bridgehead atoms. The SMILES string of the molecule is COC(=O)c1ccc(-c2n[nH]c3ccccc23)o1.COC(=O)c1ccc(-c2nn(Cc3ccccc3)c3cc(F)ccc23)o1.OCc1ccc(-c2n[nH]c3ccccc23)o1.OCc1ccc(-c2nn(Cc3ccccc3)c3cc(F)ccc23)o1.OCc1ccc(-c2nn(Cc3ccccc3)c3ccccc23)o1.OCc1ccc(-c2nn(Cc3ccccc3)c3ccsc23)o1. The lowest BCUT2D eigenvalue weighted by Crippen LogP contribution is -2.01. The first-order valence-electron chi connectivity index (χ1n) is 40.7. The van der Waals surface area contributed by atoms with E-state index in [1.165, 1.54) is 55.7 Å². The van der Waals surface area contributed by atoms with Gasteiger partial charge in [-0.25, -0.2) is 18.4 Å². The van der Waals surface area contributed by atoms with Crippen LogP contribution in [0.15, 0.2) is 341 Å². The quantitative estimate of drug-likeness (QED) is 0.0386. The van der Waals surface area contributed by atoms with Crippen LogP contribution in [0.4, 0.5) is 8.78 Å². The molecule has 0 amide bonds. The van der Waals surface area contributed by atoms with Gasteiger partial charge in [-0.2, -0.15) is 30.6 Å². The van der Waals surface area contributed by atoms with Gasteiger partial charge in [-0.05, 0) is 161 Å². The highest BCUT2D eigenvalue weighted by atomic mass is 32.1. The highest BCUT2D eigenvalue weighted by Crippen LogP contribution is 2.38. The Bertz CT molecular complexity index is 7530. The van der Waals surface area contributed by atoms with Gasteiger partial charge in [-0.1, -0.05) is 176 Å². The number of carbonyl (C=O) groups excluding carboxylic acids is 2. The Morgan fingerprint density at radius 2 is 0.636 bits per heavy atom. The maximum atomic E-state index is 13.8. The molecule has 0 saturated heterocycles. The van der Waals surface area contributed by atoms with Gasteiger partial charge >= 0.3 is 11.9 Å². The summed E-state index contributed by atoms with van der Waals surface area (Å²) >= 11 is 1.65. The van der Waals surface area contributed by atoms with Gasteiger partial charge < -0.3 is 56.4 Å². The first-order chi connectivity index (χ1) is 63.3. The summed E-state index contributed by atoms with van der Waals surface area (Å²) in [4.78, 5) is 22.9. The number of carbonyl (C=O) groups is 2. The Kier molecular flexibility index (Phi) is 25.9. The minimum Gasteiger partial charge on any atom is -0.463 e. The fourth-order valence-electron chi connectivity index (χ4n) is 14.6. The number of furan rings is 6. The van der Waals surface area contributed by atoms with Crippen molar-refractivity contribution in [2.45, 2.75) is 52.6 Å². The molecule has 9 aromatic carbocycles. The maximum absolute atomic E-state index is 13.8. The third-order valence-electron chi connectivity index (χ3n) is 20.7. The number of fused-ring (bicyclic) bond motifs is 6. The van der Waals surface area contributed by atoms with Crippen molar-refractivity contribution < 1.29 is 74.8 Å². The first kappa shape index (κ1) is 85.0. The van der Waals surface area contributed by atoms with Gasteiger partial charge in [0.25, 0.3) is 0 Å². The third kappa shape index (κ3) is 19.2. The van der Waals surface area contributed by atoms with Crippen LogP contribution in [0.1, 0.15) is 66.4 Å². The molecule has 29 heteroatoms. The summed E-state index contributed by atoms with van der Waals surface area (Å²) in [6.45, 7) is 1.98. The first-order valence-corrected chi connectivity index (χ1v) is 41.6. The van der Waals surface area contributed by atoms with E-state index < -0.39 is 11.9 Å². The second-order valence-electron chi connectivity index (χ2n) is 29.2. The van der Waals surface area contributed by atoms with E-state index in [-0.39, 0.29) is 49.6 Å². The van der Waals surface area contributed by atoms with Crippen molar-refractivity contribution in [3.05, 3.63) is 383 Å². The van der Waals surface area contributed by atoms with E-state index in [2.05, 4.69) is 81.8 Å². The van der Waals surface area contributed by atoms with Gasteiger partial charge in [0.15, 0.2) is 34.6 Å². The Labute approximate surface area is 736 Å². The van der Waals surface area contributed by atoms with Gasteiger partial charge in [0.2, 0.25) is 11.5 Å². The van der Waals surface area contributed by atoms with Crippen LogP contribution in [0.2, 0.25) is 0 Å². The van der Waals surface area contributed by atoms with Crippen molar-refractivity contribution in [1.82, 2.24) is 59.5 Å². The summed E-state index contributed by atoms with van der Waals surface area (Å²) in [5, 5.41) is 76.0. The molecular formula is C100H80F2N12O14S. The summed E-state index contributed by atoms with van der Waals surface area (Å²) in [7, 11) is 2.60. The van der Waals surface area contributed by atoms with Crippen LogP contribution in [0.3, 0.4) is 0 Å². The number of halogens is 2. The lowest BCUT2D eigenvalue weighted by Gasteiger charge is -2.03. The molecule has 0 aliphatic carbocycles. The van der Waals surface area contributed by atoms with Crippen LogP contribution in [-0.4, -0.2) is 106 Å². The number of ether oxygens (including phenoxy) is 2. The number of nitrogens with one attached hydrogen (secondary N) is 2. The molecule has 0 spiro atoms. The molecule has 644 valence electrons. The molecule has 13 heterocycles.